The summed E-state index contributed by atoms with van der Waals surface area (Å²) in [6.07, 6.45) is 1.17. The topological polar surface area (TPSA) is 84.2 Å². The minimum absolute atomic E-state index is 0.102. The lowest BCUT2D eigenvalue weighted by Gasteiger charge is -2.10. The number of rotatable bonds is 4. The molecule has 0 atom stereocenters. The first-order chi connectivity index (χ1) is 11.4. The van der Waals surface area contributed by atoms with E-state index in [0.29, 0.717) is 5.02 Å². The molecule has 8 heteroatoms. The summed E-state index contributed by atoms with van der Waals surface area (Å²) in [4.78, 5) is 24.1. The number of halogens is 3. The van der Waals surface area contributed by atoms with Gasteiger partial charge < -0.3 is 5.32 Å². The molecule has 2 aromatic carbocycles. The van der Waals surface area contributed by atoms with Crippen LogP contribution in [-0.2, 0) is 4.79 Å². The minimum Gasteiger partial charge on any atom is -0.317 e. The number of nitrogens with two attached hydrogens (primary N) is 1. The molecular formula is C16H12Cl2FN3O2. The maximum absolute atomic E-state index is 13.7. The van der Waals surface area contributed by atoms with Crippen LogP contribution in [0.1, 0.15) is 15.9 Å². The van der Waals surface area contributed by atoms with Crippen LogP contribution >= 0.6 is 23.2 Å². The summed E-state index contributed by atoms with van der Waals surface area (Å²) in [5.41, 5.74) is 1.86. The average molecular weight is 368 g/mol. The Morgan fingerprint density at radius 1 is 1.12 bits per heavy atom. The standard InChI is InChI=1S/C16H12Cl2FN3O2/c17-10-5-6-11(12(18)8-10)15(23)21-14(16(24)22-20)7-9-3-1-2-4-13(9)19/h1-8H,20H2,(H,21,23)(H,22,24)/b14-7+. The third-order valence-corrected chi connectivity index (χ3v) is 3.55. The lowest BCUT2D eigenvalue weighted by molar-refractivity contribution is -0.117. The summed E-state index contributed by atoms with van der Waals surface area (Å²) < 4.78 is 13.7. The highest BCUT2D eigenvalue weighted by Gasteiger charge is 2.16. The van der Waals surface area contributed by atoms with Gasteiger partial charge in [0, 0.05) is 10.6 Å². The molecule has 0 unspecified atom stereocenters. The lowest BCUT2D eigenvalue weighted by atomic mass is 10.1. The van der Waals surface area contributed by atoms with Gasteiger partial charge in [0.2, 0.25) is 0 Å². The fraction of sp³-hybridized carbons (Fsp3) is 0. The summed E-state index contributed by atoms with van der Waals surface area (Å²) in [7, 11) is 0. The van der Waals surface area contributed by atoms with Crippen LogP contribution in [0.25, 0.3) is 6.08 Å². The molecule has 0 heterocycles. The van der Waals surface area contributed by atoms with Crippen LogP contribution < -0.4 is 16.6 Å². The van der Waals surface area contributed by atoms with Gasteiger partial charge in [-0.15, -0.1) is 0 Å². The van der Waals surface area contributed by atoms with E-state index in [9.17, 15) is 14.0 Å². The van der Waals surface area contributed by atoms with Crippen LogP contribution in [0.15, 0.2) is 48.2 Å². The second-order valence-electron chi connectivity index (χ2n) is 4.63. The number of benzene rings is 2. The van der Waals surface area contributed by atoms with Crippen molar-refractivity contribution >= 4 is 41.1 Å². The number of nitrogens with one attached hydrogen (secondary N) is 2. The molecule has 2 aromatic rings. The van der Waals surface area contributed by atoms with Crippen LogP contribution in [0.4, 0.5) is 4.39 Å². The fourth-order valence-corrected chi connectivity index (χ4v) is 2.34. The quantitative estimate of drug-likeness (QED) is 0.336. The van der Waals surface area contributed by atoms with E-state index in [1.165, 1.54) is 42.5 Å². The zero-order chi connectivity index (χ0) is 17.7. The van der Waals surface area contributed by atoms with E-state index in [-0.39, 0.29) is 21.8 Å². The van der Waals surface area contributed by atoms with Crippen molar-refractivity contribution in [3.8, 4) is 0 Å². The molecular weight excluding hydrogens is 356 g/mol. The van der Waals surface area contributed by atoms with E-state index in [4.69, 9.17) is 29.0 Å². The van der Waals surface area contributed by atoms with Crippen LogP contribution in [0, 0.1) is 5.82 Å². The molecule has 4 N–H and O–H groups in total. The Morgan fingerprint density at radius 3 is 2.46 bits per heavy atom. The second-order valence-corrected chi connectivity index (χ2v) is 5.47. The van der Waals surface area contributed by atoms with Gasteiger partial charge in [0.05, 0.1) is 10.6 Å². The Morgan fingerprint density at radius 2 is 1.83 bits per heavy atom. The summed E-state index contributed by atoms with van der Waals surface area (Å²) in [5, 5.41) is 2.83. The van der Waals surface area contributed by atoms with Gasteiger partial charge in [0.25, 0.3) is 11.8 Å². The van der Waals surface area contributed by atoms with Crippen molar-refractivity contribution in [3.63, 3.8) is 0 Å². The van der Waals surface area contributed by atoms with Gasteiger partial charge in [-0.3, -0.25) is 15.0 Å². The highest BCUT2D eigenvalue weighted by atomic mass is 35.5. The van der Waals surface area contributed by atoms with Crippen LogP contribution in [-0.4, -0.2) is 11.8 Å². The molecule has 0 spiro atoms. The molecule has 0 bridgehead atoms. The Hall–Kier alpha value is -2.41. The number of carbonyl (C=O) groups is 2. The van der Waals surface area contributed by atoms with E-state index in [1.807, 2.05) is 5.43 Å². The Labute approximate surface area is 147 Å². The Kier molecular flexibility index (Phi) is 5.92. The second kappa shape index (κ2) is 7.92. The Balaban J connectivity index is 2.34. The monoisotopic (exact) mass is 367 g/mol. The maximum Gasteiger partial charge on any atom is 0.281 e. The van der Waals surface area contributed by atoms with E-state index < -0.39 is 17.6 Å². The molecule has 124 valence electrons. The zero-order valence-electron chi connectivity index (χ0n) is 12.1. The molecule has 0 radical (unpaired) electrons. The van der Waals surface area contributed by atoms with Crippen molar-refractivity contribution in [1.82, 2.24) is 10.7 Å². The number of hydrazine groups is 1. The number of hydrogen-bond acceptors (Lipinski definition) is 3. The molecule has 2 amide bonds. The zero-order valence-corrected chi connectivity index (χ0v) is 13.7. The van der Waals surface area contributed by atoms with Crippen LogP contribution in [0.2, 0.25) is 10.0 Å². The van der Waals surface area contributed by atoms with Crippen molar-refractivity contribution in [2.24, 2.45) is 5.84 Å². The third-order valence-electron chi connectivity index (χ3n) is 3.00. The molecule has 2 rings (SSSR count). The van der Waals surface area contributed by atoms with Crippen molar-refractivity contribution < 1.29 is 14.0 Å². The van der Waals surface area contributed by atoms with Crippen molar-refractivity contribution in [1.29, 1.82) is 0 Å². The largest absolute Gasteiger partial charge is 0.317 e. The van der Waals surface area contributed by atoms with Gasteiger partial charge in [-0.25, -0.2) is 10.2 Å². The molecule has 0 aliphatic carbocycles. The first-order valence-corrected chi connectivity index (χ1v) is 7.41. The highest BCUT2D eigenvalue weighted by molar-refractivity contribution is 6.36. The van der Waals surface area contributed by atoms with Crippen LogP contribution in [0.3, 0.4) is 0 Å². The third kappa shape index (κ3) is 4.32. The van der Waals surface area contributed by atoms with E-state index in [1.54, 1.807) is 6.07 Å². The van der Waals surface area contributed by atoms with Gasteiger partial charge in [-0.2, -0.15) is 0 Å². The van der Waals surface area contributed by atoms with Gasteiger partial charge in [0.15, 0.2) is 0 Å². The summed E-state index contributed by atoms with van der Waals surface area (Å²) >= 11 is 11.7. The maximum atomic E-state index is 13.7. The summed E-state index contributed by atoms with van der Waals surface area (Å²) in [5.74, 6) is 3.08. The van der Waals surface area contributed by atoms with Gasteiger partial charge in [-0.1, -0.05) is 41.4 Å². The van der Waals surface area contributed by atoms with Gasteiger partial charge in [0.1, 0.15) is 11.5 Å². The number of amides is 2. The van der Waals surface area contributed by atoms with Crippen molar-refractivity contribution in [2.45, 2.75) is 0 Å². The molecule has 5 nitrogen and oxygen atoms in total. The van der Waals surface area contributed by atoms with Crippen molar-refractivity contribution in [2.75, 3.05) is 0 Å². The van der Waals surface area contributed by atoms with Gasteiger partial charge in [-0.05, 0) is 30.3 Å². The first-order valence-electron chi connectivity index (χ1n) is 6.66. The normalized spacial score (nSPS) is 11.1. The molecule has 0 saturated carbocycles. The fourth-order valence-electron chi connectivity index (χ4n) is 1.85. The molecule has 0 saturated heterocycles. The number of carbonyl (C=O) groups excluding carboxylic acids is 2. The SMILES string of the molecule is NNC(=O)/C(=C\c1ccccc1F)NC(=O)c1ccc(Cl)cc1Cl. The molecule has 0 fully saturated rings. The molecule has 0 aliphatic heterocycles. The molecule has 0 aromatic heterocycles. The van der Waals surface area contributed by atoms with Crippen molar-refractivity contribution in [3.05, 3.63) is 75.2 Å². The average Bonchev–Trinajstić information content (AvgIpc) is 2.55. The smallest absolute Gasteiger partial charge is 0.281 e. The molecule has 24 heavy (non-hydrogen) atoms. The summed E-state index contributed by atoms with van der Waals surface area (Å²) in [6.45, 7) is 0. The van der Waals surface area contributed by atoms with E-state index in [0.717, 1.165) is 0 Å². The highest BCUT2D eigenvalue weighted by Crippen LogP contribution is 2.21. The Bertz CT molecular complexity index is 825. The predicted octanol–water partition coefficient (Wildman–Crippen LogP) is 2.89. The number of hydrogen-bond donors (Lipinski definition) is 3. The van der Waals surface area contributed by atoms with Gasteiger partial charge >= 0.3 is 0 Å². The summed E-state index contributed by atoms with van der Waals surface area (Å²) in [6, 6.07) is 10.0. The van der Waals surface area contributed by atoms with E-state index in [2.05, 4.69) is 5.32 Å². The first kappa shape index (κ1) is 17.9. The van der Waals surface area contributed by atoms with E-state index >= 15 is 0 Å². The predicted molar refractivity (Wildman–Crippen MR) is 90.6 cm³/mol. The lowest BCUT2D eigenvalue weighted by Crippen LogP contribution is -2.38. The minimum atomic E-state index is -0.795. The van der Waals surface area contributed by atoms with Crippen LogP contribution in [0.5, 0.6) is 0 Å². The molecule has 0 aliphatic rings.